The van der Waals surface area contributed by atoms with E-state index in [1.165, 1.54) is 0 Å². The van der Waals surface area contributed by atoms with Gasteiger partial charge in [0.25, 0.3) is 9.84 Å². The zero-order chi connectivity index (χ0) is 19.1. The first-order chi connectivity index (χ1) is 12.1. The number of hydrogen-bond acceptors (Lipinski definition) is 4. The van der Waals surface area contributed by atoms with E-state index in [0.29, 0.717) is 31.2 Å². The molecule has 0 spiro atoms. The number of likely N-dealkylation sites (tertiary alicyclic amines) is 1. The first-order valence-corrected chi connectivity index (χ1v) is 10.2. The molecule has 2 saturated heterocycles. The topological polar surface area (TPSA) is 40.6 Å². The van der Waals surface area contributed by atoms with E-state index in [1.54, 1.807) is 4.90 Å². The SMILES string of the molecule is CC1CCCN1C1CCN(c2ccc(F)cc2S(=O)(=O)C(F)(F)F)CC1. The van der Waals surface area contributed by atoms with Crippen molar-refractivity contribution in [3.63, 3.8) is 0 Å². The molecule has 2 aliphatic heterocycles. The van der Waals surface area contributed by atoms with Gasteiger partial charge >= 0.3 is 5.51 Å². The minimum Gasteiger partial charge on any atom is -0.370 e. The van der Waals surface area contributed by atoms with Gasteiger partial charge in [0.2, 0.25) is 0 Å². The van der Waals surface area contributed by atoms with Crippen LogP contribution in [0.3, 0.4) is 0 Å². The summed E-state index contributed by atoms with van der Waals surface area (Å²) in [7, 11) is -5.61. The molecule has 0 amide bonds. The molecule has 0 aliphatic carbocycles. The summed E-state index contributed by atoms with van der Waals surface area (Å²) in [5.41, 5.74) is -5.53. The summed E-state index contributed by atoms with van der Waals surface area (Å²) in [4.78, 5) is 3.04. The first kappa shape index (κ1) is 19.4. The summed E-state index contributed by atoms with van der Waals surface area (Å²) < 4.78 is 76.1. The van der Waals surface area contributed by atoms with Gasteiger partial charge in [-0.05, 0) is 57.4 Å². The molecular weight excluding hydrogens is 372 g/mol. The van der Waals surface area contributed by atoms with Crippen molar-refractivity contribution < 1.29 is 26.0 Å². The van der Waals surface area contributed by atoms with Crippen LogP contribution in [0.1, 0.15) is 32.6 Å². The van der Waals surface area contributed by atoms with Crippen LogP contribution in [0.4, 0.5) is 23.2 Å². The lowest BCUT2D eigenvalue weighted by atomic mass is 10.0. The molecule has 146 valence electrons. The van der Waals surface area contributed by atoms with E-state index in [9.17, 15) is 26.0 Å². The number of halogens is 4. The Bertz CT molecular complexity index is 759. The second-order valence-electron chi connectivity index (χ2n) is 7.01. The number of sulfone groups is 1. The smallest absolute Gasteiger partial charge is 0.370 e. The molecular formula is C17H22F4N2O2S. The Balaban J connectivity index is 1.83. The molecule has 0 aromatic heterocycles. The predicted molar refractivity (Wildman–Crippen MR) is 90.3 cm³/mol. The van der Waals surface area contributed by atoms with Crippen LogP contribution in [-0.4, -0.2) is 50.5 Å². The Labute approximate surface area is 150 Å². The second kappa shape index (κ2) is 6.99. The van der Waals surface area contributed by atoms with Gasteiger partial charge in [0.05, 0.1) is 5.69 Å². The molecule has 9 heteroatoms. The number of rotatable bonds is 3. The number of nitrogens with zero attached hydrogens (tertiary/aromatic N) is 2. The third-order valence-electron chi connectivity index (χ3n) is 5.39. The molecule has 4 nitrogen and oxygen atoms in total. The summed E-state index contributed by atoms with van der Waals surface area (Å²) in [6.45, 7) is 4.09. The van der Waals surface area contributed by atoms with Crippen LogP contribution in [-0.2, 0) is 9.84 Å². The van der Waals surface area contributed by atoms with E-state index in [0.717, 1.165) is 44.4 Å². The Morgan fingerprint density at radius 1 is 1.08 bits per heavy atom. The molecule has 1 atom stereocenters. The molecule has 0 N–H and O–H groups in total. The van der Waals surface area contributed by atoms with Crippen LogP contribution < -0.4 is 4.90 Å². The van der Waals surface area contributed by atoms with Crippen LogP contribution in [0.5, 0.6) is 0 Å². The van der Waals surface area contributed by atoms with Gasteiger partial charge in [-0.2, -0.15) is 13.2 Å². The van der Waals surface area contributed by atoms with E-state index in [1.807, 2.05) is 0 Å². The second-order valence-corrected chi connectivity index (χ2v) is 8.92. The van der Waals surface area contributed by atoms with Gasteiger partial charge in [0.15, 0.2) is 0 Å². The zero-order valence-electron chi connectivity index (χ0n) is 14.5. The average Bonchev–Trinajstić information content (AvgIpc) is 3.00. The standard InChI is InChI=1S/C17H22F4N2O2S/c1-12-3-2-8-23(12)14-6-9-22(10-7-14)15-5-4-13(18)11-16(15)26(24,25)17(19,20)21/h4-5,11-12,14H,2-3,6-10H2,1H3. The first-order valence-electron chi connectivity index (χ1n) is 8.73. The molecule has 0 bridgehead atoms. The maximum absolute atomic E-state index is 13.5. The number of anilines is 1. The Hall–Kier alpha value is -1.35. The fourth-order valence-electron chi connectivity index (χ4n) is 4.03. The number of benzene rings is 1. The minimum absolute atomic E-state index is 0.0726. The molecule has 0 saturated carbocycles. The molecule has 1 aromatic rings. The van der Waals surface area contributed by atoms with Gasteiger partial charge in [-0.3, -0.25) is 4.90 Å². The summed E-state index contributed by atoms with van der Waals surface area (Å²) in [6, 6.07) is 3.45. The fourth-order valence-corrected chi connectivity index (χ4v) is 5.02. The Kier molecular flexibility index (Phi) is 5.22. The third-order valence-corrected chi connectivity index (χ3v) is 6.91. The van der Waals surface area contributed by atoms with Gasteiger partial charge in [-0.25, -0.2) is 12.8 Å². The van der Waals surface area contributed by atoms with Crippen molar-refractivity contribution >= 4 is 15.5 Å². The van der Waals surface area contributed by atoms with Gasteiger partial charge in [0, 0.05) is 25.2 Å². The maximum atomic E-state index is 13.5. The van der Waals surface area contributed by atoms with E-state index in [-0.39, 0.29) is 5.69 Å². The van der Waals surface area contributed by atoms with Gasteiger partial charge in [0.1, 0.15) is 10.7 Å². The summed E-state index contributed by atoms with van der Waals surface area (Å²) in [5.74, 6) is -1.00. The van der Waals surface area contributed by atoms with Crippen LogP contribution in [0.15, 0.2) is 23.1 Å². The molecule has 2 heterocycles. The highest BCUT2D eigenvalue weighted by Gasteiger charge is 2.48. The van der Waals surface area contributed by atoms with Crippen LogP contribution in [0.2, 0.25) is 0 Å². The zero-order valence-corrected chi connectivity index (χ0v) is 15.3. The Morgan fingerprint density at radius 3 is 2.27 bits per heavy atom. The van der Waals surface area contributed by atoms with Crippen molar-refractivity contribution in [3.8, 4) is 0 Å². The minimum atomic E-state index is -5.61. The van der Waals surface area contributed by atoms with Gasteiger partial charge in [-0.15, -0.1) is 0 Å². The third kappa shape index (κ3) is 3.55. The van der Waals surface area contributed by atoms with Crippen molar-refractivity contribution in [1.82, 2.24) is 4.90 Å². The Morgan fingerprint density at radius 2 is 1.73 bits per heavy atom. The van der Waals surface area contributed by atoms with Gasteiger partial charge < -0.3 is 4.90 Å². The van der Waals surface area contributed by atoms with Crippen molar-refractivity contribution in [2.75, 3.05) is 24.5 Å². The van der Waals surface area contributed by atoms with Crippen LogP contribution in [0, 0.1) is 5.82 Å². The average molecular weight is 394 g/mol. The van der Waals surface area contributed by atoms with Crippen molar-refractivity contribution in [2.45, 2.75) is 55.1 Å². The van der Waals surface area contributed by atoms with Gasteiger partial charge in [-0.1, -0.05) is 0 Å². The summed E-state index contributed by atoms with van der Waals surface area (Å²) in [5, 5.41) is 0. The van der Waals surface area contributed by atoms with E-state index >= 15 is 0 Å². The highest BCUT2D eigenvalue weighted by molar-refractivity contribution is 7.92. The molecule has 26 heavy (non-hydrogen) atoms. The highest BCUT2D eigenvalue weighted by atomic mass is 32.2. The van der Waals surface area contributed by atoms with Crippen LogP contribution in [0.25, 0.3) is 0 Å². The fraction of sp³-hybridized carbons (Fsp3) is 0.647. The number of alkyl halides is 3. The van der Waals surface area contributed by atoms with E-state index in [2.05, 4.69) is 11.8 Å². The van der Waals surface area contributed by atoms with Crippen molar-refractivity contribution in [1.29, 1.82) is 0 Å². The maximum Gasteiger partial charge on any atom is 0.501 e. The summed E-state index contributed by atoms with van der Waals surface area (Å²) >= 11 is 0. The highest BCUT2D eigenvalue weighted by Crippen LogP contribution is 2.37. The summed E-state index contributed by atoms with van der Waals surface area (Å²) in [6.07, 6.45) is 3.78. The molecule has 1 unspecified atom stereocenters. The lowest BCUT2D eigenvalue weighted by Gasteiger charge is -2.40. The van der Waals surface area contributed by atoms with Crippen molar-refractivity contribution in [3.05, 3.63) is 24.0 Å². The van der Waals surface area contributed by atoms with Crippen LogP contribution >= 0.6 is 0 Å². The molecule has 0 radical (unpaired) electrons. The molecule has 1 aromatic carbocycles. The van der Waals surface area contributed by atoms with E-state index < -0.39 is 26.1 Å². The predicted octanol–water partition coefficient (Wildman–Crippen LogP) is 3.57. The number of piperidine rings is 1. The van der Waals surface area contributed by atoms with E-state index in [4.69, 9.17) is 0 Å². The normalized spacial score (nSPS) is 23.6. The molecule has 3 rings (SSSR count). The molecule has 2 fully saturated rings. The monoisotopic (exact) mass is 394 g/mol. The quantitative estimate of drug-likeness (QED) is 0.735. The van der Waals surface area contributed by atoms with Crippen molar-refractivity contribution in [2.24, 2.45) is 0 Å². The lowest BCUT2D eigenvalue weighted by molar-refractivity contribution is -0.0435. The lowest BCUT2D eigenvalue weighted by Crippen LogP contribution is -2.46. The number of hydrogen-bond donors (Lipinski definition) is 0. The largest absolute Gasteiger partial charge is 0.501 e. The molecule has 2 aliphatic rings.